The normalized spacial score (nSPS) is 21.7. The van der Waals surface area contributed by atoms with E-state index in [1.165, 1.54) is 12.0 Å². The Balaban J connectivity index is 1.51. The van der Waals surface area contributed by atoms with Crippen molar-refractivity contribution in [3.8, 4) is 0 Å². The van der Waals surface area contributed by atoms with Crippen LogP contribution in [-0.4, -0.2) is 47.7 Å². The summed E-state index contributed by atoms with van der Waals surface area (Å²) in [6.45, 7) is 8.90. The summed E-state index contributed by atoms with van der Waals surface area (Å²) in [4.78, 5) is 14.3. The highest BCUT2D eigenvalue weighted by molar-refractivity contribution is 7.09. The van der Waals surface area contributed by atoms with Crippen molar-refractivity contribution in [3.63, 3.8) is 0 Å². The number of ether oxygens (including phenoxy) is 1. The molecule has 0 aromatic carbocycles. The van der Waals surface area contributed by atoms with Crippen molar-refractivity contribution >= 4 is 17.2 Å². The second kappa shape index (κ2) is 7.17. The largest absolute Gasteiger partial charge is 0.381 e. The standard InChI is InChI=1S/C18H24N4OS/c1-14-20-17(13-24-14)11-22-7-6-21(9-15-4-8-23-12-15)10-16-3-2-5-19-18(16)22/h2-3,5,13,15H,4,6-12H2,1H3/t15-/m1/s1. The maximum absolute atomic E-state index is 5.55. The fourth-order valence-corrected chi connectivity index (χ4v) is 4.21. The van der Waals surface area contributed by atoms with E-state index in [-0.39, 0.29) is 0 Å². The first kappa shape index (κ1) is 16.0. The van der Waals surface area contributed by atoms with Gasteiger partial charge >= 0.3 is 0 Å². The molecule has 6 heteroatoms. The van der Waals surface area contributed by atoms with Crippen molar-refractivity contribution in [1.82, 2.24) is 14.9 Å². The lowest BCUT2D eigenvalue weighted by Crippen LogP contribution is -2.34. The van der Waals surface area contributed by atoms with E-state index in [4.69, 9.17) is 4.74 Å². The first-order valence-electron chi connectivity index (χ1n) is 8.68. The van der Waals surface area contributed by atoms with E-state index in [9.17, 15) is 0 Å². The molecule has 2 aliphatic rings. The van der Waals surface area contributed by atoms with Crippen molar-refractivity contribution in [3.05, 3.63) is 40.0 Å². The lowest BCUT2D eigenvalue weighted by atomic mass is 10.1. The van der Waals surface area contributed by atoms with Gasteiger partial charge in [0.15, 0.2) is 0 Å². The van der Waals surface area contributed by atoms with Gasteiger partial charge in [-0.15, -0.1) is 11.3 Å². The van der Waals surface area contributed by atoms with Crippen molar-refractivity contribution in [2.24, 2.45) is 5.92 Å². The minimum Gasteiger partial charge on any atom is -0.381 e. The highest BCUT2D eigenvalue weighted by atomic mass is 32.1. The summed E-state index contributed by atoms with van der Waals surface area (Å²) in [5, 5.41) is 3.29. The molecule has 1 saturated heterocycles. The van der Waals surface area contributed by atoms with Crippen molar-refractivity contribution < 1.29 is 4.74 Å². The maximum atomic E-state index is 5.55. The van der Waals surface area contributed by atoms with Crippen LogP contribution in [0.15, 0.2) is 23.7 Å². The Bertz CT molecular complexity index is 683. The molecule has 128 valence electrons. The zero-order valence-electron chi connectivity index (χ0n) is 14.1. The zero-order valence-corrected chi connectivity index (χ0v) is 15.0. The molecule has 2 aliphatic heterocycles. The van der Waals surface area contributed by atoms with Gasteiger partial charge in [0.05, 0.1) is 23.9 Å². The number of nitrogens with zero attached hydrogens (tertiary/aromatic N) is 4. The van der Waals surface area contributed by atoms with Gasteiger partial charge in [-0.05, 0) is 25.3 Å². The number of hydrogen-bond acceptors (Lipinski definition) is 6. The molecule has 5 nitrogen and oxygen atoms in total. The molecule has 0 spiro atoms. The summed E-state index contributed by atoms with van der Waals surface area (Å²) >= 11 is 1.72. The third kappa shape index (κ3) is 3.61. The molecule has 1 atom stereocenters. The third-order valence-corrected chi connectivity index (χ3v) is 5.63. The van der Waals surface area contributed by atoms with Gasteiger partial charge in [-0.25, -0.2) is 9.97 Å². The van der Waals surface area contributed by atoms with E-state index in [1.807, 2.05) is 12.3 Å². The van der Waals surface area contributed by atoms with Crippen LogP contribution < -0.4 is 4.90 Å². The highest BCUT2D eigenvalue weighted by Crippen LogP contribution is 2.26. The predicted octanol–water partition coefficient (Wildman–Crippen LogP) is 2.71. The summed E-state index contributed by atoms with van der Waals surface area (Å²) < 4.78 is 5.55. The molecule has 0 N–H and O–H groups in total. The Morgan fingerprint density at radius 3 is 3.12 bits per heavy atom. The zero-order chi connectivity index (χ0) is 16.4. The second-order valence-electron chi connectivity index (χ2n) is 6.73. The second-order valence-corrected chi connectivity index (χ2v) is 7.79. The van der Waals surface area contributed by atoms with Crippen LogP contribution in [0.4, 0.5) is 5.82 Å². The number of aromatic nitrogens is 2. The van der Waals surface area contributed by atoms with Crippen LogP contribution in [0, 0.1) is 12.8 Å². The number of fused-ring (bicyclic) bond motifs is 1. The van der Waals surface area contributed by atoms with Crippen molar-refractivity contribution in [1.29, 1.82) is 0 Å². The SMILES string of the molecule is Cc1nc(CN2CCN(C[C@H]3CCOC3)Cc3cccnc32)cs1. The minimum absolute atomic E-state index is 0.679. The lowest BCUT2D eigenvalue weighted by Gasteiger charge is -2.24. The number of thiazole rings is 1. The lowest BCUT2D eigenvalue weighted by molar-refractivity contribution is 0.166. The van der Waals surface area contributed by atoms with Crippen LogP contribution in [-0.2, 0) is 17.8 Å². The van der Waals surface area contributed by atoms with Gasteiger partial charge in [-0.1, -0.05) is 6.07 Å². The molecule has 0 saturated carbocycles. The molecule has 2 aromatic rings. The van der Waals surface area contributed by atoms with Gasteiger partial charge in [-0.3, -0.25) is 4.90 Å². The average Bonchev–Trinajstić information content (AvgIpc) is 3.19. The quantitative estimate of drug-likeness (QED) is 0.853. The number of pyridine rings is 1. The van der Waals surface area contributed by atoms with E-state index >= 15 is 0 Å². The monoisotopic (exact) mass is 344 g/mol. The van der Waals surface area contributed by atoms with Crippen LogP contribution in [0.5, 0.6) is 0 Å². The molecule has 0 radical (unpaired) electrons. The van der Waals surface area contributed by atoms with Gasteiger partial charge in [0, 0.05) is 49.9 Å². The molecule has 4 heterocycles. The molecule has 2 aromatic heterocycles. The Kier molecular flexibility index (Phi) is 4.78. The number of aryl methyl sites for hydroxylation is 1. The summed E-state index contributed by atoms with van der Waals surface area (Å²) in [5.74, 6) is 1.80. The van der Waals surface area contributed by atoms with Crippen LogP contribution in [0.3, 0.4) is 0 Å². The first-order chi connectivity index (χ1) is 11.8. The number of rotatable bonds is 4. The van der Waals surface area contributed by atoms with Crippen LogP contribution in [0.1, 0.15) is 22.7 Å². The van der Waals surface area contributed by atoms with Crippen molar-refractivity contribution in [2.75, 3.05) is 37.7 Å². The Hall–Kier alpha value is -1.50. The molecular formula is C18H24N4OS. The molecule has 0 unspecified atom stereocenters. The highest BCUT2D eigenvalue weighted by Gasteiger charge is 2.24. The Labute approximate surface area is 147 Å². The Morgan fingerprint density at radius 2 is 2.33 bits per heavy atom. The predicted molar refractivity (Wildman–Crippen MR) is 96.3 cm³/mol. The van der Waals surface area contributed by atoms with Gasteiger partial charge in [0.2, 0.25) is 0 Å². The first-order valence-corrected chi connectivity index (χ1v) is 9.56. The molecule has 0 bridgehead atoms. The van der Waals surface area contributed by atoms with E-state index in [1.54, 1.807) is 11.3 Å². The van der Waals surface area contributed by atoms with Crippen LogP contribution in [0.25, 0.3) is 0 Å². The number of hydrogen-bond donors (Lipinski definition) is 0. The topological polar surface area (TPSA) is 41.5 Å². The summed E-state index contributed by atoms with van der Waals surface area (Å²) in [6, 6.07) is 4.26. The third-order valence-electron chi connectivity index (χ3n) is 4.81. The minimum atomic E-state index is 0.679. The molecule has 0 aliphatic carbocycles. The van der Waals surface area contributed by atoms with Crippen LogP contribution >= 0.6 is 11.3 Å². The summed E-state index contributed by atoms with van der Waals surface area (Å²) in [6.07, 6.45) is 3.09. The van der Waals surface area contributed by atoms with E-state index in [2.05, 4.69) is 38.1 Å². The summed E-state index contributed by atoms with van der Waals surface area (Å²) in [5.41, 5.74) is 2.47. The Morgan fingerprint density at radius 1 is 1.38 bits per heavy atom. The molecule has 0 amide bonds. The fraction of sp³-hybridized carbons (Fsp3) is 0.556. The van der Waals surface area contributed by atoms with Gasteiger partial charge in [0.25, 0.3) is 0 Å². The van der Waals surface area contributed by atoms with Crippen LogP contribution in [0.2, 0.25) is 0 Å². The smallest absolute Gasteiger partial charge is 0.133 e. The average molecular weight is 344 g/mol. The van der Waals surface area contributed by atoms with Gasteiger partial charge in [-0.2, -0.15) is 0 Å². The van der Waals surface area contributed by atoms with Crippen molar-refractivity contribution in [2.45, 2.75) is 26.4 Å². The van der Waals surface area contributed by atoms with E-state index < -0.39 is 0 Å². The summed E-state index contributed by atoms with van der Waals surface area (Å²) in [7, 11) is 0. The van der Waals surface area contributed by atoms with Gasteiger partial charge < -0.3 is 9.64 Å². The molecule has 4 rings (SSSR count). The van der Waals surface area contributed by atoms with E-state index in [0.717, 1.165) is 62.5 Å². The molecule has 1 fully saturated rings. The van der Waals surface area contributed by atoms with E-state index in [0.29, 0.717) is 5.92 Å². The van der Waals surface area contributed by atoms with Gasteiger partial charge in [0.1, 0.15) is 5.82 Å². The molecule has 24 heavy (non-hydrogen) atoms. The number of anilines is 1. The fourth-order valence-electron chi connectivity index (χ4n) is 3.61. The molecular weight excluding hydrogens is 320 g/mol. The maximum Gasteiger partial charge on any atom is 0.133 e.